The third kappa shape index (κ3) is 44.1. The molecule has 0 aliphatic heterocycles. The van der Waals surface area contributed by atoms with Crippen LogP contribution in [0.1, 0.15) is 303 Å². The van der Waals surface area contributed by atoms with E-state index in [-0.39, 0.29) is 0 Å². The zero-order chi connectivity index (χ0) is 44.5. The largest absolute Gasteiger partial charge is 0.394 e. The van der Waals surface area contributed by atoms with E-state index in [1.54, 1.807) is 0 Å². The van der Waals surface area contributed by atoms with Gasteiger partial charge in [0.2, 0.25) is 5.91 Å². The zero-order valence-corrected chi connectivity index (χ0v) is 41.2. The van der Waals surface area contributed by atoms with Gasteiger partial charge in [0.25, 0.3) is 0 Å². The Balaban J connectivity index is 3.55. The Labute approximate surface area is 381 Å². The van der Waals surface area contributed by atoms with E-state index in [1.165, 1.54) is 238 Å². The molecule has 61 heavy (non-hydrogen) atoms. The Morgan fingerprint density at radius 1 is 0.393 bits per heavy atom. The lowest BCUT2D eigenvalue weighted by molar-refractivity contribution is -0.132. The number of allylic oxidation sites excluding steroid dienone is 2. The van der Waals surface area contributed by atoms with Gasteiger partial charge < -0.3 is 25.7 Å². The van der Waals surface area contributed by atoms with Crippen LogP contribution in [-0.2, 0) is 4.79 Å². The van der Waals surface area contributed by atoms with Crippen LogP contribution in [0.5, 0.6) is 0 Å². The summed E-state index contributed by atoms with van der Waals surface area (Å²) in [4.78, 5) is 12.6. The molecule has 5 N–H and O–H groups in total. The van der Waals surface area contributed by atoms with Gasteiger partial charge in [-0.1, -0.05) is 276 Å². The van der Waals surface area contributed by atoms with Gasteiger partial charge in [0.1, 0.15) is 12.2 Å². The topological polar surface area (TPSA) is 110 Å². The van der Waals surface area contributed by atoms with Crippen molar-refractivity contribution in [1.29, 1.82) is 0 Å². The minimum Gasteiger partial charge on any atom is -0.394 e. The summed E-state index contributed by atoms with van der Waals surface area (Å²) in [6, 6.07) is -0.998. The highest BCUT2D eigenvalue weighted by Crippen LogP contribution is 2.18. The van der Waals surface area contributed by atoms with Gasteiger partial charge in [-0.05, 0) is 38.5 Å². The summed E-state index contributed by atoms with van der Waals surface area (Å²) >= 11 is 0. The molecule has 0 bridgehead atoms. The SMILES string of the molecule is CCCCCCCCCCC/C=C/CCCC(O)C(O)C(CO)NC(=O)C(O)CCCCCCCCCCCCCCCCCCCCCCCCCCCCCCCCC. The van der Waals surface area contributed by atoms with Crippen LogP contribution < -0.4 is 5.32 Å². The number of unbranched alkanes of at least 4 members (excludes halogenated alkanes) is 40. The maximum Gasteiger partial charge on any atom is 0.249 e. The first kappa shape index (κ1) is 60.1. The zero-order valence-electron chi connectivity index (χ0n) is 41.2. The van der Waals surface area contributed by atoms with Gasteiger partial charge in [-0.3, -0.25) is 4.79 Å². The van der Waals surface area contributed by atoms with Crippen molar-refractivity contribution in [3.8, 4) is 0 Å². The molecule has 0 aromatic carbocycles. The quantitative estimate of drug-likeness (QED) is 0.0309. The third-order valence-electron chi connectivity index (χ3n) is 13.2. The summed E-state index contributed by atoms with van der Waals surface area (Å²) in [6.45, 7) is 4.06. The van der Waals surface area contributed by atoms with Crippen molar-refractivity contribution in [2.24, 2.45) is 0 Å². The molecule has 0 spiro atoms. The van der Waals surface area contributed by atoms with Crippen molar-refractivity contribution >= 4 is 5.91 Å². The van der Waals surface area contributed by atoms with Crippen LogP contribution in [0, 0.1) is 0 Å². The molecule has 0 aliphatic carbocycles. The van der Waals surface area contributed by atoms with Crippen molar-refractivity contribution in [2.75, 3.05) is 6.61 Å². The molecule has 1 amide bonds. The Hall–Kier alpha value is -0.950. The first-order chi connectivity index (χ1) is 30.0. The number of hydrogen-bond donors (Lipinski definition) is 5. The van der Waals surface area contributed by atoms with Crippen molar-refractivity contribution < 1.29 is 25.2 Å². The summed E-state index contributed by atoms with van der Waals surface area (Å²) in [5.74, 6) is -0.588. The van der Waals surface area contributed by atoms with Gasteiger partial charge in [-0.25, -0.2) is 0 Å². The molecule has 4 unspecified atom stereocenters. The number of amides is 1. The number of carbonyl (C=O) groups excluding carboxylic acids is 1. The van der Waals surface area contributed by atoms with Crippen LogP contribution in [0.2, 0.25) is 0 Å². The average molecular weight is 864 g/mol. The number of rotatable bonds is 51. The number of nitrogens with one attached hydrogen (secondary N) is 1. The molecule has 0 saturated carbocycles. The Kier molecular flexibility index (Phi) is 49.3. The minimum atomic E-state index is -1.28. The van der Waals surface area contributed by atoms with Gasteiger partial charge >= 0.3 is 0 Å². The number of aliphatic hydroxyl groups is 4. The van der Waals surface area contributed by atoms with Crippen LogP contribution in [-0.4, -0.2) is 57.3 Å². The molecule has 6 nitrogen and oxygen atoms in total. The van der Waals surface area contributed by atoms with E-state index in [4.69, 9.17) is 0 Å². The highest BCUT2D eigenvalue weighted by Gasteiger charge is 2.28. The molecule has 0 radical (unpaired) electrons. The Bertz CT molecular complexity index is 882. The van der Waals surface area contributed by atoms with Crippen LogP contribution in [0.15, 0.2) is 12.2 Å². The van der Waals surface area contributed by atoms with E-state index >= 15 is 0 Å². The van der Waals surface area contributed by atoms with Crippen molar-refractivity contribution in [3.05, 3.63) is 12.2 Å². The second-order valence-electron chi connectivity index (χ2n) is 19.3. The number of aliphatic hydroxyl groups excluding tert-OH is 4. The third-order valence-corrected chi connectivity index (χ3v) is 13.2. The molecule has 0 aromatic heterocycles. The predicted molar refractivity (Wildman–Crippen MR) is 265 cm³/mol. The summed E-state index contributed by atoms with van der Waals surface area (Å²) in [5.41, 5.74) is 0. The maximum absolute atomic E-state index is 12.6. The fourth-order valence-electron chi connectivity index (χ4n) is 8.88. The molecule has 4 atom stereocenters. The molecule has 0 rings (SSSR count). The van der Waals surface area contributed by atoms with Crippen LogP contribution in [0.4, 0.5) is 0 Å². The molecule has 0 heterocycles. The lowest BCUT2D eigenvalue weighted by Gasteiger charge is -2.27. The van der Waals surface area contributed by atoms with Gasteiger partial charge in [0, 0.05) is 0 Å². The summed E-state index contributed by atoms with van der Waals surface area (Å²) in [6.07, 6.45) is 58.7. The van der Waals surface area contributed by atoms with E-state index in [9.17, 15) is 25.2 Å². The van der Waals surface area contributed by atoms with Crippen LogP contribution >= 0.6 is 0 Å². The monoisotopic (exact) mass is 864 g/mol. The second-order valence-corrected chi connectivity index (χ2v) is 19.3. The van der Waals surface area contributed by atoms with Gasteiger partial charge in [-0.2, -0.15) is 0 Å². The van der Waals surface area contributed by atoms with E-state index in [2.05, 4.69) is 31.3 Å². The first-order valence-electron chi connectivity index (χ1n) is 27.6. The van der Waals surface area contributed by atoms with Crippen LogP contribution in [0.25, 0.3) is 0 Å². The van der Waals surface area contributed by atoms with E-state index in [0.717, 1.165) is 38.5 Å². The van der Waals surface area contributed by atoms with Crippen molar-refractivity contribution in [2.45, 2.75) is 327 Å². The van der Waals surface area contributed by atoms with Crippen LogP contribution in [0.3, 0.4) is 0 Å². The van der Waals surface area contributed by atoms with E-state index < -0.39 is 36.9 Å². The van der Waals surface area contributed by atoms with Gasteiger partial charge in [0.05, 0.1) is 18.8 Å². The smallest absolute Gasteiger partial charge is 0.249 e. The molecule has 0 saturated heterocycles. The second kappa shape index (κ2) is 50.1. The van der Waals surface area contributed by atoms with Crippen molar-refractivity contribution in [1.82, 2.24) is 5.32 Å². The molecule has 364 valence electrons. The fraction of sp³-hybridized carbons (Fsp3) is 0.945. The van der Waals surface area contributed by atoms with Gasteiger partial charge in [-0.15, -0.1) is 0 Å². The number of hydrogen-bond acceptors (Lipinski definition) is 5. The van der Waals surface area contributed by atoms with E-state index in [1.807, 2.05) is 0 Å². The molecule has 0 aromatic rings. The molecule has 6 heteroatoms. The highest BCUT2D eigenvalue weighted by molar-refractivity contribution is 5.80. The lowest BCUT2D eigenvalue weighted by Crippen LogP contribution is -2.53. The summed E-state index contributed by atoms with van der Waals surface area (Å²) in [7, 11) is 0. The Morgan fingerprint density at radius 2 is 0.672 bits per heavy atom. The maximum atomic E-state index is 12.6. The van der Waals surface area contributed by atoms with Crippen molar-refractivity contribution in [3.63, 3.8) is 0 Å². The van der Waals surface area contributed by atoms with E-state index in [0.29, 0.717) is 12.8 Å². The first-order valence-corrected chi connectivity index (χ1v) is 27.6. The minimum absolute atomic E-state index is 0.369. The number of carbonyl (C=O) groups is 1. The summed E-state index contributed by atoms with van der Waals surface area (Å²) in [5, 5.41) is 43.8. The summed E-state index contributed by atoms with van der Waals surface area (Å²) < 4.78 is 0. The average Bonchev–Trinajstić information content (AvgIpc) is 3.26. The lowest BCUT2D eigenvalue weighted by atomic mass is 10.00. The Morgan fingerprint density at radius 3 is 0.984 bits per heavy atom. The highest BCUT2D eigenvalue weighted by atomic mass is 16.3. The predicted octanol–water partition coefficient (Wildman–Crippen LogP) is 15.7. The normalized spacial score (nSPS) is 13.9. The molecular weight excluding hydrogens is 755 g/mol. The fourth-order valence-corrected chi connectivity index (χ4v) is 8.88. The molecular formula is C55H109NO5. The molecule has 0 aliphatic rings. The standard InChI is InChI=1S/C55H109NO5/c1-3-5-7-9-11-13-15-17-19-20-21-22-23-24-25-26-27-28-29-30-31-32-33-34-35-37-39-41-43-45-47-49-53(59)55(61)56-51(50-57)54(60)52(58)48-46-44-42-40-38-36-18-16-14-12-10-8-6-4-2/h40,42,51-54,57-60H,3-39,41,43-50H2,1-2H3,(H,56,61)/b42-40+. The van der Waals surface area contributed by atoms with Gasteiger partial charge in [0.15, 0.2) is 0 Å². The molecule has 0 fully saturated rings.